The van der Waals surface area contributed by atoms with Crippen LogP contribution < -0.4 is 5.73 Å². The molecule has 3 amide bonds. The molecule has 2 heterocycles. The molecule has 0 bridgehead atoms. The average molecular weight is 318 g/mol. The molecule has 6 heteroatoms. The summed E-state index contributed by atoms with van der Waals surface area (Å²) in [6.07, 6.45) is 0.895. The Balaban J connectivity index is 2.17. The zero-order valence-electron chi connectivity index (χ0n) is 12.8. The van der Waals surface area contributed by atoms with Gasteiger partial charge in [-0.3, -0.25) is 19.3 Å². The molecule has 1 unspecified atom stereocenters. The molecule has 0 saturated heterocycles. The van der Waals surface area contributed by atoms with Crippen molar-refractivity contribution in [2.24, 2.45) is 11.7 Å². The fourth-order valence-corrected chi connectivity index (χ4v) is 4.26. The normalized spacial score (nSPS) is 19.4. The zero-order chi connectivity index (χ0) is 16.2. The molecular formula is C16H18N2O3S. The van der Waals surface area contributed by atoms with Crippen LogP contribution in [0.3, 0.4) is 0 Å². The lowest BCUT2D eigenvalue weighted by Crippen LogP contribution is -2.60. The van der Waals surface area contributed by atoms with E-state index in [0.29, 0.717) is 11.1 Å². The fraction of sp³-hybridized carbons (Fsp3) is 0.438. The predicted molar refractivity (Wildman–Crippen MR) is 83.8 cm³/mol. The highest BCUT2D eigenvalue weighted by Gasteiger charge is 2.52. The summed E-state index contributed by atoms with van der Waals surface area (Å²) in [5.74, 6) is -0.856. The summed E-state index contributed by atoms with van der Waals surface area (Å²) in [6, 6.07) is 3.60. The molecule has 0 saturated carbocycles. The predicted octanol–water partition coefficient (Wildman–Crippen LogP) is 1.83. The first-order valence-electron chi connectivity index (χ1n) is 7.27. The fourth-order valence-electron chi connectivity index (χ4n) is 3.04. The van der Waals surface area contributed by atoms with Crippen LogP contribution in [-0.4, -0.2) is 33.9 Å². The number of carbonyl (C=O) groups is 3. The SMILES string of the molecule is CC(C)C(C)(C(N)=O)N1C(=O)c2ccc3c(c2C1=O)SCC3. The minimum atomic E-state index is -1.33. The Morgan fingerprint density at radius 2 is 2.00 bits per heavy atom. The second-order valence-corrected chi connectivity index (χ2v) is 7.29. The van der Waals surface area contributed by atoms with Crippen molar-refractivity contribution in [2.45, 2.75) is 37.6 Å². The highest BCUT2D eigenvalue weighted by Crippen LogP contribution is 2.42. The Labute approximate surface area is 133 Å². The largest absolute Gasteiger partial charge is 0.368 e. The number of thioether (sulfide) groups is 1. The Kier molecular flexibility index (Phi) is 3.32. The maximum Gasteiger partial charge on any atom is 0.263 e. The van der Waals surface area contributed by atoms with E-state index in [4.69, 9.17) is 5.73 Å². The smallest absolute Gasteiger partial charge is 0.263 e. The number of benzene rings is 1. The average Bonchev–Trinajstić information content (AvgIpc) is 3.01. The van der Waals surface area contributed by atoms with Gasteiger partial charge in [-0.1, -0.05) is 19.9 Å². The van der Waals surface area contributed by atoms with Gasteiger partial charge in [0.05, 0.1) is 11.1 Å². The lowest BCUT2D eigenvalue weighted by Gasteiger charge is -2.37. The number of primary amides is 1. The molecule has 0 fully saturated rings. The van der Waals surface area contributed by atoms with Crippen LogP contribution in [0.25, 0.3) is 0 Å². The van der Waals surface area contributed by atoms with Gasteiger partial charge in [-0.15, -0.1) is 11.8 Å². The van der Waals surface area contributed by atoms with Crippen LogP contribution in [0.5, 0.6) is 0 Å². The van der Waals surface area contributed by atoms with Crippen LogP contribution in [0, 0.1) is 5.92 Å². The summed E-state index contributed by atoms with van der Waals surface area (Å²) >= 11 is 1.59. The number of rotatable bonds is 3. The van der Waals surface area contributed by atoms with E-state index in [-0.39, 0.29) is 5.92 Å². The van der Waals surface area contributed by atoms with Gasteiger partial charge in [0.2, 0.25) is 5.91 Å². The number of nitrogens with zero attached hydrogens (tertiary/aromatic N) is 1. The van der Waals surface area contributed by atoms with Crippen LogP contribution in [-0.2, 0) is 11.2 Å². The van der Waals surface area contributed by atoms with Crippen molar-refractivity contribution >= 4 is 29.5 Å². The highest BCUT2D eigenvalue weighted by molar-refractivity contribution is 7.99. The molecule has 0 spiro atoms. The van der Waals surface area contributed by atoms with Crippen molar-refractivity contribution in [3.05, 3.63) is 28.8 Å². The van der Waals surface area contributed by atoms with Gasteiger partial charge in [0.15, 0.2) is 0 Å². The molecule has 5 nitrogen and oxygen atoms in total. The topological polar surface area (TPSA) is 80.5 Å². The summed E-state index contributed by atoms with van der Waals surface area (Å²) in [6.45, 7) is 5.13. The number of nitrogens with two attached hydrogens (primary N) is 1. The van der Waals surface area contributed by atoms with Crippen LogP contribution >= 0.6 is 11.8 Å². The van der Waals surface area contributed by atoms with Crippen LogP contribution in [0.4, 0.5) is 0 Å². The third kappa shape index (κ3) is 1.76. The van der Waals surface area contributed by atoms with Crippen molar-refractivity contribution in [2.75, 3.05) is 5.75 Å². The minimum Gasteiger partial charge on any atom is -0.368 e. The molecule has 116 valence electrons. The van der Waals surface area contributed by atoms with Gasteiger partial charge in [0.1, 0.15) is 5.54 Å². The highest BCUT2D eigenvalue weighted by atomic mass is 32.2. The van der Waals surface area contributed by atoms with Gasteiger partial charge in [-0.2, -0.15) is 0 Å². The Bertz CT molecular complexity index is 714. The van der Waals surface area contributed by atoms with E-state index in [1.54, 1.807) is 38.6 Å². The van der Waals surface area contributed by atoms with Crippen molar-refractivity contribution in [3.8, 4) is 0 Å². The molecule has 1 aromatic carbocycles. The maximum atomic E-state index is 12.9. The van der Waals surface area contributed by atoms with Crippen molar-refractivity contribution in [1.29, 1.82) is 0 Å². The van der Waals surface area contributed by atoms with E-state index >= 15 is 0 Å². The molecule has 1 atom stereocenters. The Morgan fingerprint density at radius 3 is 2.59 bits per heavy atom. The maximum absolute atomic E-state index is 12.9. The van der Waals surface area contributed by atoms with Crippen LogP contribution in [0.15, 0.2) is 17.0 Å². The third-order valence-corrected chi connectivity index (χ3v) is 5.96. The van der Waals surface area contributed by atoms with Gasteiger partial charge >= 0.3 is 0 Å². The summed E-state index contributed by atoms with van der Waals surface area (Å²) in [5.41, 5.74) is 6.12. The molecule has 2 aliphatic rings. The number of imide groups is 1. The van der Waals surface area contributed by atoms with E-state index in [0.717, 1.165) is 27.5 Å². The molecule has 0 aliphatic carbocycles. The molecule has 0 aromatic heterocycles. The van der Waals surface area contributed by atoms with E-state index in [2.05, 4.69) is 0 Å². The second kappa shape index (κ2) is 4.84. The third-order valence-electron chi connectivity index (χ3n) is 4.80. The molecule has 0 radical (unpaired) electrons. The van der Waals surface area contributed by atoms with Gasteiger partial charge in [0.25, 0.3) is 11.8 Å². The lowest BCUT2D eigenvalue weighted by molar-refractivity contribution is -0.129. The van der Waals surface area contributed by atoms with Gasteiger partial charge < -0.3 is 5.73 Å². The van der Waals surface area contributed by atoms with Gasteiger partial charge in [-0.05, 0) is 30.9 Å². The van der Waals surface area contributed by atoms with Crippen molar-refractivity contribution in [3.63, 3.8) is 0 Å². The van der Waals surface area contributed by atoms with Gasteiger partial charge in [-0.25, -0.2) is 0 Å². The van der Waals surface area contributed by atoms with E-state index in [1.807, 2.05) is 6.07 Å². The second-order valence-electron chi connectivity index (χ2n) is 6.19. The summed E-state index contributed by atoms with van der Waals surface area (Å²) in [4.78, 5) is 39.6. The molecular weight excluding hydrogens is 300 g/mol. The van der Waals surface area contributed by atoms with Crippen LogP contribution in [0.1, 0.15) is 47.1 Å². The zero-order valence-corrected chi connectivity index (χ0v) is 13.6. The Morgan fingerprint density at radius 1 is 1.32 bits per heavy atom. The van der Waals surface area contributed by atoms with Crippen molar-refractivity contribution in [1.82, 2.24) is 4.90 Å². The van der Waals surface area contributed by atoms with Gasteiger partial charge in [0, 0.05) is 10.6 Å². The number of carbonyl (C=O) groups excluding carboxylic acids is 3. The molecule has 2 N–H and O–H groups in total. The number of fused-ring (bicyclic) bond motifs is 3. The monoisotopic (exact) mass is 318 g/mol. The first kappa shape index (κ1) is 15.1. The summed E-state index contributed by atoms with van der Waals surface area (Å²) < 4.78 is 0. The van der Waals surface area contributed by atoms with Crippen molar-refractivity contribution < 1.29 is 14.4 Å². The minimum absolute atomic E-state index is 0.270. The van der Waals surface area contributed by atoms with E-state index in [9.17, 15) is 14.4 Å². The molecule has 22 heavy (non-hydrogen) atoms. The summed E-state index contributed by atoms with van der Waals surface area (Å²) in [7, 11) is 0. The quantitative estimate of drug-likeness (QED) is 0.862. The molecule has 3 rings (SSSR count). The first-order valence-corrected chi connectivity index (χ1v) is 8.26. The summed E-state index contributed by atoms with van der Waals surface area (Å²) in [5, 5.41) is 0. The number of aryl methyl sites for hydroxylation is 1. The first-order chi connectivity index (χ1) is 10.3. The lowest BCUT2D eigenvalue weighted by atomic mass is 9.85. The molecule has 1 aromatic rings. The number of amides is 3. The van der Waals surface area contributed by atoms with Crippen LogP contribution in [0.2, 0.25) is 0 Å². The van der Waals surface area contributed by atoms with E-state index < -0.39 is 23.3 Å². The number of hydrogen-bond donors (Lipinski definition) is 1. The van der Waals surface area contributed by atoms with E-state index in [1.165, 1.54) is 0 Å². The Hall–Kier alpha value is -1.82. The standard InChI is InChI=1S/C16H18N2O3S/c1-8(2)16(3,15(17)21)18-13(19)10-5-4-9-6-7-22-12(9)11(10)14(18)20/h4-5,8H,6-7H2,1-3H3,(H2,17,21). The number of hydrogen-bond acceptors (Lipinski definition) is 4. The molecule has 2 aliphatic heterocycles.